The second-order valence-corrected chi connectivity index (χ2v) is 7.62. The van der Waals surface area contributed by atoms with E-state index in [-0.39, 0.29) is 29.5 Å². The van der Waals surface area contributed by atoms with Crippen LogP contribution in [0.25, 0.3) is 0 Å². The van der Waals surface area contributed by atoms with Crippen molar-refractivity contribution in [3.63, 3.8) is 0 Å². The summed E-state index contributed by atoms with van der Waals surface area (Å²) in [6.45, 7) is 0.478. The third-order valence-electron chi connectivity index (χ3n) is 3.66. The van der Waals surface area contributed by atoms with Gasteiger partial charge in [-0.05, 0) is 26.3 Å². The number of nitrogens with zero attached hydrogens (tertiary/aromatic N) is 1. The zero-order chi connectivity index (χ0) is 13.3. The third kappa shape index (κ3) is 3.66. The molecule has 0 aromatic rings. The van der Waals surface area contributed by atoms with Gasteiger partial charge in [-0.3, -0.25) is 4.79 Å². The van der Waals surface area contributed by atoms with E-state index in [0.717, 1.165) is 12.8 Å². The van der Waals surface area contributed by atoms with Crippen LogP contribution < -0.4 is 11.1 Å². The summed E-state index contributed by atoms with van der Waals surface area (Å²) >= 11 is 0. The number of nitrogens with one attached hydrogen (secondary N) is 1. The number of likely N-dealkylation sites (N-methyl/N-ethyl adjacent to an activating group) is 1. The predicted molar refractivity (Wildman–Crippen MR) is 68.8 cm³/mol. The van der Waals surface area contributed by atoms with Gasteiger partial charge in [-0.1, -0.05) is 0 Å². The first-order valence-electron chi connectivity index (χ1n) is 6.33. The first-order chi connectivity index (χ1) is 8.37. The van der Waals surface area contributed by atoms with Crippen molar-refractivity contribution in [1.29, 1.82) is 0 Å². The molecule has 3 N–H and O–H groups in total. The molecule has 104 valence electrons. The van der Waals surface area contributed by atoms with E-state index < -0.39 is 9.84 Å². The number of hydrogen-bond acceptors (Lipinski definition) is 5. The number of rotatable bonds is 6. The first kappa shape index (κ1) is 13.8. The zero-order valence-corrected chi connectivity index (χ0v) is 11.4. The Kier molecular flexibility index (Phi) is 3.93. The molecule has 0 aromatic carbocycles. The third-order valence-corrected chi connectivity index (χ3v) is 5.41. The van der Waals surface area contributed by atoms with Crippen LogP contribution in [0.1, 0.15) is 19.3 Å². The quantitative estimate of drug-likeness (QED) is 0.629. The highest BCUT2D eigenvalue weighted by atomic mass is 32.2. The van der Waals surface area contributed by atoms with Crippen LogP contribution in [-0.2, 0) is 14.6 Å². The largest absolute Gasteiger partial charge is 0.368 e. The average molecular weight is 275 g/mol. The van der Waals surface area contributed by atoms with Crippen LogP contribution in [0.15, 0.2) is 0 Å². The van der Waals surface area contributed by atoms with Gasteiger partial charge in [0.1, 0.15) is 0 Å². The van der Waals surface area contributed by atoms with Crippen molar-refractivity contribution in [2.24, 2.45) is 5.73 Å². The summed E-state index contributed by atoms with van der Waals surface area (Å²) in [4.78, 5) is 13.3. The number of primary amides is 1. The molecule has 7 heteroatoms. The van der Waals surface area contributed by atoms with Gasteiger partial charge in [-0.25, -0.2) is 8.42 Å². The summed E-state index contributed by atoms with van der Waals surface area (Å²) in [6.07, 6.45) is 2.82. The van der Waals surface area contributed by atoms with Gasteiger partial charge in [0.15, 0.2) is 9.84 Å². The molecule has 2 aliphatic rings. The van der Waals surface area contributed by atoms with Crippen LogP contribution in [0, 0.1) is 0 Å². The fourth-order valence-corrected chi connectivity index (χ4v) is 4.12. The number of nitrogens with two attached hydrogens (primary N) is 1. The Morgan fingerprint density at radius 1 is 1.44 bits per heavy atom. The number of carbonyl (C=O) groups excluding carboxylic acids is 1. The van der Waals surface area contributed by atoms with E-state index in [1.807, 2.05) is 11.9 Å². The molecule has 6 nitrogen and oxygen atoms in total. The molecule has 2 atom stereocenters. The number of amides is 1. The van der Waals surface area contributed by atoms with Crippen molar-refractivity contribution in [1.82, 2.24) is 10.2 Å². The Hall–Kier alpha value is -0.660. The van der Waals surface area contributed by atoms with Crippen molar-refractivity contribution < 1.29 is 13.2 Å². The maximum absolute atomic E-state index is 11.4. The summed E-state index contributed by atoms with van der Waals surface area (Å²) in [5, 5.41) is 3.20. The lowest BCUT2D eigenvalue weighted by molar-refractivity contribution is -0.120. The fourth-order valence-electron chi connectivity index (χ4n) is 2.32. The van der Waals surface area contributed by atoms with Crippen molar-refractivity contribution in [2.75, 3.05) is 25.1 Å². The van der Waals surface area contributed by atoms with Crippen LogP contribution in [0.3, 0.4) is 0 Å². The van der Waals surface area contributed by atoms with E-state index in [1.54, 1.807) is 0 Å². The molecule has 18 heavy (non-hydrogen) atoms. The lowest BCUT2D eigenvalue weighted by Gasteiger charge is -2.27. The summed E-state index contributed by atoms with van der Waals surface area (Å²) in [7, 11) is -1.03. The molecule has 2 unspecified atom stereocenters. The molecule has 1 aliphatic carbocycles. The van der Waals surface area contributed by atoms with Crippen LogP contribution in [0.5, 0.6) is 0 Å². The van der Waals surface area contributed by atoms with Crippen molar-refractivity contribution in [3.8, 4) is 0 Å². The Morgan fingerprint density at radius 2 is 2.11 bits per heavy atom. The van der Waals surface area contributed by atoms with Gasteiger partial charge in [-0.15, -0.1) is 0 Å². The van der Waals surface area contributed by atoms with E-state index in [2.05, 4.69) is 5.32 Å². The molecular weight excluding hydrogens is 254 g/mol. The molecule has 0 bridgehead atoms. The number of carbonyl (C=O) groups is 1. The molecule has 1 heterocycles. The predicted octanol–water partition coefficient (Wildman–Crippen LogP) is -1.29. The summed E-state index contributed by atoms with van der Waals surface area (Å²) < 4.78 is 22.8. The molecule has 1 aliphatic heterocycles. The molecule has 0 radical (unpaired) electrons. The number of sulfone groups is 1. The number of hydrogen-bond donors (Lipinski definition) is 2. The van der Waals surface area contributed by atoms with Gasteiger partial charge in [0.05, 0.1) is 17.5 Å². The van der Waals surface area contributed by atoms with E-state index in [1.165, 1.54) is 0 Å². The normalized spacial score (nSPS) is 28.4. The highest BCUT2D eigenvalue weighted by molar-refractivity contribution is 7.91. The van der Waals surface area contributed by atoms with Crippen molar-refractivity contribution >= 4 is 15.7 Å². The highest BCUT2D eigenvalue weighted by Gasteiger charge is 2.33. The Balaban J connectivity index is 1.88. The van der Waals surface area contributed by atoms with Crippen LogP contribution in [0.2, 0.25) is 0 Å². The summed E-state index contributed by atoms with van der Waals surface area (Å²) in [6, 6.07) is 0.0341. The fraction of sp³-hybridized carbons (Fsp3) is 0.909. The molecule has 1 saturated heterocycles. The molecule has 0 spiro atoms. The van der Waals surface area contributed by atoms with E-state index in [4.69, 9.17) is 5.73 Å². The SMILES string of the molecule is CN(CC(NC1CC1)C(N)=O)C1CCS(=O)(=O)C1. The Morgan fingerprint density at radius 3 is 2.56 bits per heavy atom. The second kappa shape index (κ2) is 5.14. The van der Waals surface area contributed by atoms with Crippen molar-refractivity contribution in [3.05, 3.63) is 0 Å². The summed E-state index contributed by atoms with van der Waals surface area (Å²) in [5.74, 6) is 0.0761. The minimum atomic E-state index is -2.89. The molecular formula is C11H21N3O3S. The van der Waals surface area contributed by atoms with Gasteiger partial charge < -0.3 is 16.0 Å². The van der Waals surface area contributed by atoms with Gasteiger partial charge in [0.25, 0.3) is 0 Å². The van der Waals surface area contributed by atoms with E-state index in [9.17, 15) is 13.2 Å². The van der Waals surface area contributed by atoms with E-state index in [0.29, 0.717) is 19.0 Å². The van der Waals surface area contributed by atoms with Gasteiger partial charge in [-0.2, -0.15) is 0 Å². The smallest absolute Gasteiger partial charge is 0.235 e. The topological polar surface area (TPSA) is 92.5 Å². The maximum Gasteiger partial charge on any atom is 0.235 e. The van der Waals surface area contributed by atoms with Gasteiger partial charge >= 0.3 is 0 Å². The summed E-state index contributed by atoms with van der Waals surface area (Å²) in [5.41, 5.74) is 5.37. The highest BCUT2D eigenvalue weighted by Crippen LogP contribution is 2.20. The van der Waals surface area contributed by atoms with Crippen molar-refractivity contribution in [2.45, 2.75) is 37.4 Å². The lowest BCUT2D eigenvalue weighted by Crippen LogP contribution is -2.51. The monoisotopic (exact) mass is 275 g/mol. The van der Waals surface area contributed by atoms with Crippen LogP contribution in [-0.4, -0.2) is 62.4 Å². The van der Waals surface area contributed by atoms with Crippen LogP contribution >= 0.6 is 0 Å². The minimum Gasteiger partial charge on any atom is -0.368 e. The Bertz CT molecular complexity index is 419. The van der Waals surface area contributed by atoms with Gasteiger partial charge in [0.2, 0.25) is 5.91 Å². The second-order valence-electron chi connectivity index (χ2n) is 5.39. The molecule has 0 aromatic heterocycles. The van der Waals surface area contributed by atoms with E-state index >= 15 is 0 Å². The Labute approximate surface area is 108 Å². The van der Waals surface area contributed by atoms with Gasteiger partial charge in [0, 0.05) is 18.6 Å². The lowest BCUT2D eigenvalue weighted by atomic mass is 10.2. The molecule has 1 saturated carbocycles. The molecule has 2 rings (SSSR count). The molecule has 1 amide bonds. The standard InChI is InChI=1S/C11H21N3O3S/c1-14(9-4-5-18(16,17)7-9)6-10(11(12)15)13-8-2-3-8/h8-10,13H,2-7H2,1H3,(H2,12,15). The minimum absolute atomic E-state index is 0.0119. The molecule has 2 fully saturated rings. The average Bonchev–Trinajstić information content (AvgIpc) is 3.00. The van der Waals surface area contributed by atoms with Crippen LogP contribution in [0.4, 0.5) is 0 Å². The maximum atomic E-state index is 11.4. The zero-order valence-electron chi connectivity index (χ0n) is 10.6. The first-order valence-corrected chi connectivity index (χ1v) is 8.15.